The largest absolute Gasteiger partial charge is 0.478 e. The summed E-state index contributed by atoms with van der Waals surface area (Å²) in [5, 5.41) is 9.40. The van der Waals surface area contributed by atoms with Crippen molar-refractivity contribution in [3.63, 3.8) is 0 Å². The minimum Gasteiger partial charge on any atom is -0.478 e. The normalized spacial score (nSPS) is 15.6. The number of carbonyl (C=O) groups is 1. The third kappa shape index (κ3) is 4.14. The van der Waals surface area contributed by atoms with Crippen molar-refractivity contribution in [3.8, 4) is 0 Å². The van der Waals surface area contributed by atoms with Crippen LogP contribution in [0.15, 0.2) is 61.2 Å². The topological polar surface area (TPSA) is 66.3 Å². The van der Waals surface area contributed by atoms with E-state index in [1.807, 2.05) is 24.5 Å². The van der Waals surface area contributed by atoms with Crippen LogP contribution in [0.2, 0.25) is 0 Å². The molecule has 0 radical (unpaired) electrons. The Morgan fingerprint density at radius 1 is 1.10 bits per heavy atom. The predicted octanol–water partition coefficient (Wildman–Crippen LogP) is 5.00. The van der Waals surface area contributed by atoms with E-state index >= 15 is 0 Å². The van der Waals surface area contributed by atoms with Gasteiger partial charge in [-0.05, 0) is 85.0 Å². The molecule has 1 aromatic carbocycles. The molecular weight excluding hydrogens is 362 g/mol. The van der Waals surface area contributed by atoms with Gasteiger partial charge in [0, 0.05) is 43.2 Å². The fourth-order valence-corrected chi connectivity index (χ4v) is 4.29. The number of nitrogens with zero attached hydrogens (tertiary/aromatic N) is 3. The summed E-state index contributed by atoms with van der Waals surface area (Å²) in [6.45, 7) is 0. The summed E-state index contributed by atoms with van der Waals surface area (Å²) in [4.78, 5) is 21.9. The van der Waals surface area contributed by atoms with Crippen LogP contribution >= 0.6 is 0 Å². The standard InChI is InChI=1S/C24H25N3O2/c1-27(20-9-12-25-13-10-20)21-7-8-22-17(3-2-4-18(22)15-21)5-6-19-16-26-14-11-23(19)24(28)29/h7-17H,2-6H2,1H3,(H,28,29)/t17-/m0/s1. The van der Waals surface area contributed by atoms with Gasteiger partial charge in [0.1, 0.15) is 0 Å². The molecule has 1 aliphatic carbocycles. The first-order valence-corrected chi connectivity index (χ1v) is 10.1. The Morgan fingerprint density at radius 2 is 1.90 bits per heavy atom. The number of benzene rings is 1. The van der Waals surface area contributed by atoms with E-state index in [2.05, 4.69) is 40.1 Å². The molecule has 0 unspecified atom stereocenters. The maximum atomic E-state index is 11.5. The van der Waals surface area contributed by atoms with Crippen LogP contribution in [-0.2, 0) is 12.8 Å². The Bertz CT molecular complexity index is 1000. The smallest absolute Gasteiger partial charge is 0.336 e. The predicted molar refractivity (Wildman–Crippen MR) is 114 cm³/mol. The molecule has 4 rings (SSSR count). The molecule has 0 saturated heterocycles. The molecule has 0 saturated carbocycles. The van der Waals surface area contributed by atoms with Crippen LogP contribution in [0.5, 0.6) is 0 Å². The van der Waals surface area contributed by atoms with E-state index in [0.717, 1.165) is 36.9 Å². The summed E-state index contributed by atoms with van der Waals surface area (Å²) < 4.78 is 0. The lowest BCUT2D eigenvalue weighted by Crippen LogP contribution is -2.14. The van der Waals surface area contributed by atoms with Crippen LogP contribution in [0.3, 0.4) is 0 Å². The highest BCUT2D eigenvalue weighted by atomic mass is 16.4. The molecule has 5 nitrogen and oxygen atoms in total. The van der Waals surface area contributed by atoms with Gasteiger partial charge in [-0.3, -0.25) is 9.97 Å². The summed E-state index contributed by atoms with van der Waals surface area (Å²) in [6.07, 6.45) is 11.9. The first-order chi connectivity index (χ1) is 14.1. The molecule has 0 amide bonds. The molecule has 1 N–H and O–H groups in total. The van der Waals surface area contributed by atoms with Crippen molar-refractivity contribution < 1.29 is 9.90 Å². The lowest BCUT2D eigenvalue weighted by molar-refractivity contribution is 0.0695. The van der Waals surface area contributed by atoms with Gasteiger partial charge in [-0.2, -0.15) is 0 Å². The SMILES string of the molecule is CN(c1ccncc1)c1ccc2c(c1)CCC[C@H]2CCc1cnccc1C(=O)O. The summed E-state index contributed by atoms with van der Waals surface area (Å²) in [6, 6.07) is 12.4. The van der Waals surface area contributed by atoms with E-state index in [4.69, 9.17) is 0 Å². The van der Waals surface area contributed by atoms with Crippen LogP contribution in [0.4, 0.5) is 11.4 Å². The third-order valence-electron chi connectivity index (χ3n) is 5.90. The maximum absolute atomic E-state index is 11.5. The Labute approximate surface area is 171 Å². The lowest BCUT2D eigenvalue weighted by atomic mass is 9.79. The third-order valence-corrected chi connectivity index (χ3v) is 5.90. The number of aryl methyl sites for hydroxylation is 2. The molecule has 3 aromatic rings. The lowest BCUT2D eigenvalue weighted by Gasteiger charge is -2.28. The first kappa shape index (κ1) is 19.1. The molecule has 148 valence electrons. The monoisotopic (exact) mass is 387 g/mol. The summed E-state index contributed by atoms with van der Waals surface area (Å²) in [7, 11) is 2.08. The van der Waals surface area contributed by atoms with Crippen molar-refractivity contribution >= 4 is 17.3 Å². The van der Waals surface area contributed by atoms with Crippen LogP contribution in [0, 0.1) is 0 Å². The minimum absolute atomic E-state index is 0.366. The van der Waals surface area contributed by atoms with Gasteiger partial charge < -0.3 is 10.0 Å². The fourth-order valence-electron chi connectivity index (χ4n) is 4.29. The van der Waals surface area contributed by atoms with Crippen LogP contribution in [0.25, 0.3) is 0 Å². The number of hydrogen-bond acceptors (Lipinski definition) is 4. The van der Waals surface area contributed by atoms with E-state index in [1.165, 1.54) is 23.2 Å². The zero-order valence-corrected chi connectivity index (χ0v) is 16.6. The number of fused-ring (bicyclic) bond motifs is 1. The molecule has 5 heteroatoms. The fraction of sp³-hybridized carbons (Fsp3) is 0.292. The molecule has 1 atom stereocenters. The zero-order chi connectivity index (χ0) is 20.2. The van der Waals surface area contributed by atoms with Crippen molar-refractivity contribution in [3.05, 3.63) is 83.4 Å². The van der Waals surface area contributed by atoms with E-state index in [0.29, 0.717) is 11.5 Å². The molecule has 0 fully saturated rings. The van der Waals surface area contributed by atoms with Gasteiger partial charge in [0.15, 0.2) is 0 Å². The van der Waals surface area contributed by atoms with E-state index in [-0.39, 0.29) is 0 Å². The maximum Gasteiger partial charge on any atom is 0.336 e. The van der Waals surface area contributed by atoms with Crippen molar-refractivity contribution in [2.75, 3.05) is 11.9 Å². The van der Waals surface area contributed by atoms with Gasteiger partial charge in [-0.15, -0.1) is 0 Å². The van der Waals surface area contributed by atoms with Gasteiger partial charge in [0.2, 0.25) is 0 Å². The number of rotatable bonds is 6. The zero-order valence-electron chi connectivity index (χ0n) is 16.6. The van der Waals surface area contributed by atoms with Crippen molar-refractivity contribution in [1.29, 1.82) is 0 Å². The molecule has 0 aliphatic heterocycles. The molecule has 29 heavy (non-hydrogen) atoms. The van der Waals surface area contributed by atoms with Crippen molar-refractivity contribution in [2.24, 2.45) is 0 Å². The van der Waals surface area contributed by atoms with Crippen molar-refractivity contribution in [1.82, 2.24) is 9.97 Å². The van der Waals surface area contributed by atoms with E-state index in [9.17, 15) is 9.90 Å². The average Bonchev–Trinajstić information content (AvgIpc) is 2.77. The number of carboxylic acid groups (broad SMARTS) is 1. The summed E-state index contributed by atoms with van der Waals surface area (Å²) >= 11 is 0. The van der Waals surface area contributed by atoms with Gasteiger partial charge in [-0.1, -0.05) is 6.07 Å². The Hall–Kier alpha value is -3.21. The van der Waals surface area contributed by atoms with Gasteiger partial charge in [0.25, 0.3) is 0 Å². The summed E-state index contributed by atoms with van der Waals surface area (Å²) in [5.41, 5.74) is 6.29. The van der Waals surface area contributed by atoms with Crippen molar-refractivity contribution in [2.45, 2.75) is 38.0 Å². The van der Waals surface area contributed by atoms with E-state index < -0.39 is 5.97 Å². The molecule has 2 heterocycles. The second-order valence-electron chi connectivity index (χ2n) is 7.61. The second-order valence-corrected chi connectivity index (χ2v) is 7.61. The Balaban J connectivity index is 1.53. The molecule has 1 aliphatic rings. The highest BCUT2D eigenvalue weighted by Crippen LogP contribution is 2.37. The Morgan fingerprint density at radius 3 is 2.69 bits per heavy atom. The second kappa shape index (κ2) is 8.43. The van der Waals surface area contributed by atoms with Gasteiger partial charge in [-0.25, -0.2) is 4.79 Å². The quantitative estimate of drug-likeness (QED) is 0.645. The van der Waals surface area contributed by atoms with Gasteiger partial charge >= 0.3 is 5.97 Å². The number of carboxylic acids is 1. The van der Waals surface area contributed by atoms with Crippen LogP contribution < -0.4 is 4.90 Å². The number of aromatic nitrogens is 2. The highest BCUT2D eigenvalue weighted by molar-refractivity contribution is 5.89. The van der Waals surface area contributed by atoms with Crippen LogP contribution in [-0.4, -0.2) is 28.1 Å². The Kier molecular flexibility index (Phi) is 5.56. The number of hydrogen-bond donors (Lipinski definition) is 1. The number of anilines is 2. The van der Waals surface area contributed by atoms with Crippen LogP contribution in [0.1, 0.15) is 52.2 Å². The summed E-state index contributed by atoms with van der Waals surface area (Å²) in [5.74, 6) is -0.420. The minimum atomic E-state index is -0.879. The van der Waals surface area contributed by atoms with E-state index in [1.54, 1.807) is 18.5 Å². The number of aromatic carboxylic acids is 1. The molecule has 2 aromatic heterocycles. The first-order valence-electron chi connectivity index (χ1n) is 10.1. The number of pyridine rings is 2. The molecular formula is C24H25N3O2. The highest BCUT2D eigenvalue weighted by Gasteiger charge is 2.22. The molecule has 0 spiro atoms. The molecule has 0 bridgehead atoms. The van der Waals surface area contributed by atoms with Gasteiger partial charge in [0.05, 0.1) is 5.56 Å². The average molecular weight is 387 g/mol.